The first-order chi connectivity index (χ1) is 11.4. The lowest BCUT2D eigenvalue weighted by molar-refractivity contribution is -0.385. The summed E-state index contributed by atoms with van der Waals surface area (Å²) >= 11 is 1.42. The van der Waals surface area contributed by atoms with E-state index in [0.717, 1.165) is 15.8 Å². The van der Waals surface area contributed by atoms with E-state index >= 15 is 0 Å². The number of rotatable bonds is 5. The van der Waals surface area contributed by atoms with Gasteiger partial charge in [0.1, 0.15) is 12.4 Å². The van der Waals surface area contributed by atoms with Gasteiger partial charge in [0.25, 0.3) is 0 Å². The molecule has 0 spiro atoms. The Balaban J connectivity index is 1.68. The van der Waals surface area contributed by atoms with Crippen molar-refractivity contribution in [1.82, 2.24) is 14.8 Å². The minimum absolute atomic E-state index is 0.0933. The molecule has 1 N–H and O–H groups in total. The quantitative estimate of drug-likeness (QED) is 0.565. The van der Waals surface area contributed by atoms with E-state index in [0.29, 0.717) is 5.13 Å². The number of carbonyl (C=O) groups excluding carboxylic acids is 1. The Bertz CT molecular complexity index is 917. The molecule has 0 saturated carbocycles. The van der Waals surface area contributed by atoms with Gasteiger partial charge >= 0.3 is 5.69 Å². The summed E-state index contributed by atoms with van der Waals surface area (Å²) < 4.78 is 2.41. The third-order valence-corrected chi connectivity index (χ3v) is 4.53. The molecular formula is C15H15N5O3S. The molecule has 2 heterocycles. The maximum Gasteiger partial charge on any atom is 0.306 e. The van der Waals surface area contributed by atoms with Crippen molar-refractivity contribution in [1.29, 1.82) is 0 Å². The summed E-state index contributed by atoms with van der Waals surface area (Å²) in [6.45, 7) is 3.96. The highest BCUT2D eigenvalue weighted by molar-refractivity contribution is 7.22. The first kappa shape index (κ1) is 16.1. The first-order valence-corrected chi connectivity index (χ1v) is 8.09. The van der Waals surface area contributed by atoms with Crippen molar-refractivity contribution in [3.05, 3.63) is 46.3 Å². The number of para-hydroxylation sites is 1. The molecule has 2 aromatic heterocycles. The monoisotopic (exact) mass is 345 g/mol. The maximum atomic E-state index is 12.3. The Hall–Kier alpha value is -2.81. The zero-order chi connectivity index (χ0) is 17.3. The summed E-state index contributed by atoms with van der Waals surface area (Å²) in [7, 11) is 0. The third kappa shape index (κ3) is 3.25. The summed E-state index contributed by atoms with van der Waals surface area (Å²) in [5.41, 5.74) is 1.85. The lowest BCUT2D eigenvalue weighted by atomic mass is 10.1. The lowest BCUT2D eigenvalue weighted by Gasteiger charge is -2.10. The van der Waals surface area contributed by atoms with E-state index in [2.05, 4.69) is 15.4 Å². The SMILES string of the molecule is Cc1cccc2sc(NC(=O)C(C)Cn3cc([N+](=O)[O-])cn3)nc12. The fraction of sp³-hybridized carbons (Fsp3) is 0.267. The van der Waals surface area contributed by atoms with Gasteiger partial charge in [-0.2, -0.15) is 5.10 Å². The van der Waals surface area contributed by atoms with Crippen molar-refractivity contribution < 1.29 is 9.72 Å². The molecule has 1 unspecified atom stereocenters. The Morgan fingerprint density at radius 2 is 2.29 bits per heavy atom. The number of nitrogens with one attached hydrogen (secondary N) is 1. The van der Waals surface area contributed by atoms with Crippen molar-refractivity contribution in [2.75, 3.05) is 5.32 Å². The second kappa shape index (κ2) is 6.36. The molecule has 8 nitrogen and oxygen atoms in total. The molecule has 9 heteroatoms. The lowest BCUT2D eigenvalue weighted by Crippen LogP contribution is -2.24. The number of nitro groups is 1. The van der Waals surface area contributed by atoms with Crippen LogP contribution in [-0.4, -0.2) is 25.6 Å². The van der Waals surface area contributed by atoms with Crippen molar-refractivity contribution in [2.45, 2.75) is 20.4 Å². The molecule has 0 aliphatic heterocycles. The molecule has 1 aromatic carbocycles. The van der Waals surface area contributed by atoms with Crippen LogP contribution >= 0.6 is 11.3 Å². The molecular weight excluding hydrogens is 330 g/mol. The fourth-order valence-corrected chi connectivity index (χ4v) is 3.23. The first-order valence-electron chi connectivity index (χ1n) is 7.28. The number of amides is 1. The molecule has 3 aromatic rings. The van der Waals surface area contributed by atoms with E-state index in [-0.39, 0.29) is 18.1 Å². The smallest absolute Gasteiger partial charge is 0.302 e. The molecule has 0 radical (unpaired) electrons. The number of hydrogen-bond acceptors (Lipinski definition) is 6. The minimum atomic E-state index is -0.516. The predicted octanol–water partition coefficient (Wildman–Crippen LogP) is 2.98. The van der Waals surface area contributed by atoms with Crippen LogP contribution in [0.2, 0.25) is 0 Å². The van der Waals surface area contributed by atoms with Gasteiger partial charge in [0.15, 0.2) is 5.13 Å². The van der Waals surface area contributed by atoms with E-state index in [1.807, 2.05) is 25.1 Å². The van der Waals surface area contributed by atoms with E-state index < -0.39 is 10.8 Å². The Morgan fingerprint density at radius 3 is 2.96 bits per heavy atom. The van der Waals surface area contributed by atoms with Crippen LogP contribution in [0.3, 0.4) is 0 Å². The van der Waals surface area contributed by atoms with Gasteiger partial charge in [-0.25, -0.2) is 4.98 Å². The van der Waals surface area contributed by atoms with Crippen LogP contribution in [-0.2, 0) is 11.3 Å². The second-order valence-electron chi connectivity index (χ2n) is 5.51. The van der Waals surface area contributed by atoms with E-state index in [1.54, 1.807) is 6.92 Å². The summed E-state index contributed by atoms with van der Waals surface area (Å²) in [6.07, 6.45) is 2.48. The Labute approximate surface area is 141 Å². The van der Waals surface area contributed by atoms with Crippen LogP contribution in [0.25, 0.3) is 10.2 Å². The van der Waals surface area contributed by atoms with Gasteiger partial charge in [-0.15, -0.1) is 0 Å². The summed E-state index contributed by atoms with van der Waals surface area (Å²) in [4.78, 5) is 26.9. The zero-order valence-corrected chi connectivity index (χ0v) is 13.9. The normalized spacial score (nSPS) is 12.2. The number of benzene rings is 1. The van der Waals surface area contributed by atoms with Crippen molar-refractivity contribution in [3.8, 4) is 0 Å². The maximum absolute atomic E-state index is 12.3. The van der Waals surface area contributed by atoms with Crippen molar-refractivity contribution >= 4 is 38.3 Å². The molecule has 24 heavy (non-hydrogen) atoms. The Kier molecular flexibility index (Phi) is 4.26. The Morgan fingerprint density at radius 1 is 1.50 bits per heavy atom. The van der Waals surface area contributed by atoms with Gasteiger partial charge in [-0.1, -0.05) is 30.4 Å². The number of aryl methyl sites for hydroxylation is 1. The molecule has 0 saturated heterocycles. The summed E-state index contributed by atoms with van der Waals surface area (Å²) in [5, 5.41) is 17.9. The van der Waals surface area contributed by atoms with Gasteiger partial charge in [-0.3, -0.25) is 19.6 Å². The van der Waals surface area contributed by atoms with Crippen LogP contribution in [0.4, 0.5) is 10.8 Å². The van der Waals surface area contributed by atoms with Crippen LogP contribution in [0.15, 0.2) is 30.6 Å². The second-order valence-corrected chi connectivity index (χ2v) is 6.54. The molecule has 0 aliphatic carbocycles. The van der Waals surface area contributed by atoms with Crippen LogP contribution in [0, 0.1) is 23.0 Å². The third-order valence-electron chi connectivity index (χ3n) is 3.59. The number of aromatic nitrogens is 3. The number of nitrogens with zero attached hydrogens (tertiary/aromatic N) is 4. The average molecular weight is 345 g/mol. The fourth-order valence-electron chi connectivity index (χ4n) is 2.28. The zero-order valence-electron chi connectivity index (χ0n) is 13.1. The van der Waals surface area contributed by atoms with E-state index in [1.165, 1.54) is 28.4 Å². The van der Waals surface area contributed by atoms with Gasteiger partial charge in [-0.05, 0) is 18.6 Å². The minimum Gasteiger partial charge on any atom is -0.302 e. The van der Waals surface area contributed by atoms with E-state index in [4.69, 9.17) is 0 Å². The van der Waals surface area contributed by atoms with Crippen molar-refractivity contribution in [3.63, 3.8) is 0 Å². The van der Waals surface area contributed by atoms with E-state index in [9.17, 15) is 14.9 Å². The van der Waals surface area contributed by atoms with Gasteiger partial charge in [0.2, 0.25) is 5.91 Å². The molecule has 0 aliphatic rings. The topological polar surface area (TPSA) is 103 Å². The van der Waals surface area contributed by atoms with Crippen LogP contribution < -0.4 is 5.32 Å². The highest BCUT2D eigenvalue weighted by Gasteiger charge is 2.18. The van der Waals surface area contributed by atoms with Crippen LogP contribution in [0.1, 0.15) is 12.5 Å². The van der Waals surface area contributed by atoms with Gasteiger partial charge in [0.05, 0.1) is 27.6 Å². The van der Waals surface area contributed by atoms with Crippen LogP contribution in [0.5, 0.6) is 0 Å². The largest absolute Gasteiger partial charge is 0.306 e. The number of carbonyl (C=O) groups is 1. The highest BCUT2D eigenvalue weighted by Crippen LogP contribution is 2.28. The average Bonchev–Trinajstić information content (AvgIpc) is 3.14. The molecule has 3 rings (SSSR count). The van der Waals surface area contributed by atoms with Gasteiger partial charge in [0, 0.05) is 0 Å². The number of thiazole rings is 1. The highest BCUT2D eigenvalue weighted by atomic mass is 32.1. The molecule has 1 atom stereocenters. The number of anilines is 1. The molecule has 124 valence electrons. The molecule has 0 fully saturated rings. The van der Waals surface area contributed by atoms with Crippen molar-refractivity contribution in [2.24, 2.45) is 5.92 Å². The number of hydrogen-bond donors (Lipinski definition) is 1. The molecule has 0 bridgehead atoms. The predicted molar refractivity (Wildman–Crippen MR) is 91.0 cm³/mol. The van der Waals surface area contributed by atoms with Gasteiger partial charge < -0.3 is 5.32 Å². The molecule has 1 amide bonds. The number of fused-ring (bicyclic) bond motifs is 1. The standard InChI is InChI=1S/C15H15N5O3S/c1-9-4-3-5-12-13(9)17-15(24-12)18-14(21)10(2)7-19-8-11(6-16-19)20(22)23/h3-6,8,10H,7H2,1-2H3,(H,17,18,21). The summed E-state index contributed by atoms with van der Waals surface area (Å²) in [5.74, 6) is -0.609. The summed E-state index contributed by atoms with van der Waals surface area (Å²) in [6, 6.07) is 5.89.